The Labute approximate surface area is 123 Å². The number of aliphatic hydroxyl groups is 1. The van der Waals surface area contributed by atoms with Crippen LogP contribution >= 0.6 is 11.6 Å². The molecule has 2 unspecified atom stereocenters. The van der Waals surface area contributed by atoms with Gasteiger partial charge in [0.15, 0.2) is 0 Å². The molecule has 0 aliphatic heterocycles. The number of anilines is 1. The van der Waals surface area contributed by atoms with Gasteiger partial charge in [-0.1, -0.05) is 24.4 Å². The Morgan fingerprint density at radius 2 is 2.00 bits per heavy atom. The van der Waals surface area contributed by atoms with Crippen molar-refractivity contribution >= 4 is 23.3 Å². The van der Waals surface area contributed by atoms with Gasteiger partial charge < -0.3 is 15.5 Å². The molecule has 0 radical (unpaired) electrons. The van der Waals surface area contributed by atoms with E-state index in [-0.39, 0.29) is 12.2 Å². The molecule has 1 fully saturated rings. The zero-order chi connectivity index (χ0) is 14.5. The summed E-state index contributed by atoms with van der Waals surface area (Å²) in [6.07, 6.45) is 4.45. The van der Waals surface area contributed by atoms with Crippen molar-refractivity contribution in [1.82, 2.24) is 0 Å². The van der Waals surface area contributed by atoms with Crippen molar-refractivity contribution in [2.24, 2.45) is 11.8 Å². The molecule has 0 heterocycles. The number of carboxylic acids is 1. The van der Waals surface area contributed by atoms with Crippen LogP contribution in [0.4, 0.5) is 5.69 Å². The minimum Gasteiger partial charge on any atom is -0.478 e. The Hall–Kier alpha value is -1.26. The zero-order valence-electron chi connectivity index (χ0n) is 11.3. The summed E-state index contributed by atoms with van der Waals surface area (Å²) in [5.41, 5.74) is 0.776. The van der Waals surface area contributed by atoms with Gasteiger partial charge >= 0.3 is 5.97 Å². The summed E-state index contributed by atoms with van der Waals surface area (Å²) >= 11 is 5.93. The third-order valence-corrected chi connectivity index (χ3v) is 4.30. The Morgan fingerprint density at radius 3 is 2.65 bits per heavy atom. The minimum absolute atomic E-state index is 0.202. The standard InChI is InChI=1S/C15H20ClNO3/c16-12-5-6-13(15(19)20)14(7-12)17-8-10-3-1-2-4-11(10)9-18/h5-7,10-11,17-18H,1-4,8-9H2,(H,19,20). The smallest absolute Gasteiger partial charge is 0.337 e. The van der Waals surface area contributed by atoms with E-state index in [4.69, 9.17) is 16.7 Å². The Bertz CT molecular complexity index is 478. The lowest BCUT2D eigenvalue weighted by atomic mass is 9.79. The third kappa shape index (κ3) is 3.64. The summed E-state index contributed by atoms with van der Waals surface area (Å²) in [5.74, 6) is -0.274. The molecule has 0 saturated heterocycles. The van der Waals surface area contributed by atoms with Gasteiger partial charge in [0.1, 0.15) is 0 Å². The fraction of sp³-hybridized carbons (Fsp3) is 0.533. The van der Waals surface area contributed by atoms with Gasteiger partial charge in [0, 0.05) is 18.2 Å². The van der Waals surface area contributed by atoms with E-state index < -0.39 is 5.97 Å². The number of halogens is 1. The summed E-state index contributed by atoms with van der Waals surface area (Å²) in [4.78, 5) is 11.2. The molecule has 110 valence electrons. The summed E-state index contributed by atoms with van der Waals surface area (Å²) < 4.78 is 0. The van der Waals surface area contributed by atoms with Gasteiger partial charge in [0.2, 0.25) is 0 Å². The maximum absolute atomic E-state index is 11.2. The van der Waals surface area contributed by atoms with Crippen LogP contribution in [0.2, 0.25) is 5.02 Å². The number of hydrogen-bond acceptors (Lipinski definition) is 3. The van der Waals surface area contributed by atoms with Gasteiger partial charge in [0.05, 0.1) is 11.3 Å². The van der Waals surface area contributed by atoms with Gasteiger partial charge in [0.25, 0.3) is 0 Å². The first kappa shape index (κ1) is 15.1. The van der Waals surface area contributed by atoms with Gasteiger partial charge in [-0.15, -0.1) is 0 Å². The van der Waals surface area contributed by atoms with Gasteiger partial charge in [-0.25, -0.2) is 4.79 Å². The summed E-state index contributed by atoms with van der Waals surface area (Å²) in [6, 6.07) is 4.73. The fourth-order valence-electron chi connectivity index (χ4n) is 2.88. The highest BCUT2D eigenvalue weighted by molar-refractivity contribution is 6.31. The lowest BCUT2D eigenvalue weighted by Gasteiger charge is -2.30. The Kier molecular flexibility index (Phi) is 5.26. The van der Waals surface area contributed by atoms with E-state index in [0.29, 0.717) is 29.1 Å². The number of carboxylic acid groups (broad SMARTS) is 1. The van der Waals surface area contributed by atoms with Crippen molar-refractivity contribution in [2.75, 3.05) is 18.5 Å². The monoisotopic (exact) mass is 297 g/mol. The molecule has 0 aromatic heterocycles. The van der Waals surface area contributed by atoms with E-state index >= 15 is 0 Å². The number of nitrogens with one attached hydrogen (secondary N) is 1. The van der Waals surface area contributed by atoms with Crippen molar-refractivity contribution in [1.29, 1.82) is 0 Å². The molecule has 1 aromatic carbocycles. The highest BCUT2D eigenvalue weighted by Gasteiger charge is 2.24. The van der Waals surface area contributed by atoms with Crippen LogP contribution in [0, 0.1) is 11.8 Å². The average molecular weight is 298 g/mol. The number of aromatic carboxylic acids is 1. The largest absolute Gasteiger partial charge is 0.478 e. The number of rotatable bonds is 5. The normalized spacial score (nSPS) is 22.5. The van der Waals surface area contributed by atoms with Crippen molar-refractivity contribution in [2.45, 2.75) is 25.7 Å². The van der Waals surface area contributed by atoms with Gasteiger partial charge in [-0.3, -0.25) is 0 Å². The Morgan fingerprint density at radius 1 is 1.30 bits per heavy atom. The lowest BCUT2D eigenvalue weighted by Crippen LogP contribution is -2.29. The second-order valence-electron chi connectivity index (χ2n) is 5.36. The molecule has 0 bridgehead atoms. The molecule has 3 N–H and O–H groups in total. The predicted octanol–water partition coefficient (Wildman–Crippen LogP) is 3.25. The second-order valence-corrected chi connectivity index (χ2v) is 5.80. The van der Waals surface area contributed by atoms with Crippen LogP contribution in [-0.2, 0) is 0 Å². The zero-order valence-corrected chi connectivity index (χ0v) is 12.1. The van der Waals surface area contributed by atoms with Gasteiger partial charge in [-0.05, 0) is 42.9 Å². The van der Waals surface area contributed by atoms with Crippen LogP contribution in [-0.4, -0.2) is 29.3 Å². The number of benzene rings is 1. The molecule has 1 aliphatic carbocycles. The van der Waals surface area contributed by atoms with Crippen LogP contribution in [0.25, 0.3) is 0 Å². The molecule has 0 spiro atoms. The molecule has 20 heavy (non-hydrogen) atoms. The molecular formula is C15H20ClNO3. The Balaban J connectivity index is 2.06. The maximum atomic E-state index is 11.2. The molecule has 5 heteroatoms. The maximum Gasteiger partial charge on any atom is 0.337 e. The van der Waals surface area contributed by atoms with Crippen LogP contribution in [0.3, 0.4) is 0 Å². The van der Waals surface area contributed by atoms with Crippen LogP contribution in [0.15, 0.2) is 18.2 Å². The van der Waals surface area contributed by atoms with Crippen LogP contribution in [0.5, 0.6) is 0 Å². The van der Waals surface area contributed by atoms with E-state index in [2.05, 4.69) is 5.32 Å². The molecule has 4 nitrogen and oxygen atoms in total. The van der Waals surface area contributed by atoms with Crippen LogP contribution in [0.1, 0.15) is 36.0 Å². The summed E-state index contributed by atoms with van der Waals surface area (Å²) in [6.45, 7) is 0.875. The van der Waals surface area contributed by atoms with Crippen molar-refractivity contribution < 1.29 is 15.0 Å². The average Bonchev–Trinajstić information content (AvgIpc) is 2.45. The number of hydrogen-bond donors (Lipinski definition) is 3. The van der Waals surface area contributed by atoms with E-state index in [1.807, 2.05) is 0 Å². The van der Waals surface area contributed by atoms with Gasteiger partial charge in [-0.2, -0.15) is 0 Å². The second kappa shape index (κ2) is 6.95. The molecular weight excluding hydrogens is 278 g/mol. The number of aliphatic hydroxyl groups excluding tert-OH is 1. The molecule has 1 aromatic rings. The minimum atomic E-state index is -0.966. The first-order valence-corrected chi connectivity index (χ1v) is 7.37. The molecule has 2 atom stereocenters. The van der Waals surface area contributed by atoms with Crippen molar-refractivity contribution in [3.63, 3.8) is 0 Å². The first-order chi connectivity index (χ1) is 9.61. The predicted molar refractivity (Wildman–Crippen MR) is 79.4 cm³/mol. The molecule has 1 saturated carbocycles. The SMILES string of the molecule is O=C(O)c1ccc(Cl)cc1NCC1CCCCC1CO. The first-order valence-electron chi connectivity index (χ1n) is 6.99. The lowest BCUT2D eigenvalue weighted by molar-refractivity contribution is 0.0697. The van der Waals surface area contributed by atoms with E-state index in [1.54, 1.807) is 12.1 Å². The highest BCUT2D eigenvalue weighted by Crippen LogP contribution is 2.30. The molecule has 0 amide bonds. The third-order valence-electron chi connectivity index (χ3n) is 4.07. The highest BCUT2D eigenvalue weighted by atomic mass is 35.5. The van der Waals surface area contributed by atoms with Crippen molar-refractivity contribution in [3.8, 4) is 0 Å². The summed E-state index contributed by atoms with van der Waals surface area (Å²) in [5, 5.41) is 22.3. The number of carbonyl (C=O) groups is 1. The van der Waals surface area contributed by atoms with Crippen LogP contribution < -0.4 is 5.32 Å². The van der Waals surface area contributed by atoms with Crippen molar-refractivity contribution in [3.05, 3.63) is 28.8 Å². The quantitative estimate of drug-likeness (QED) is 0.780. The summed E-state index contributed by atoms with van der Waals surface area (Å²) in [7, 11) is 0. The van der Waals surface area contributed by atoms with E-state index in [0.717, 1.165) is 12.8 Å². The molecule has 2 rings (SSSR count). The van der Waals surface area contributed by atoms with E-state index in [9.17, 15) is 9.90 Å². The van der Waals surface area contributed by atoms with E-state index in [1.165, 1.54) is 18.9 Å². The topological polar surface area (TPSA) is 69.6 Å². The fourth-order valence-corrected chi connectivity index (χ4v) is 3.06. The molecule has 1 aliphatic rings.